The van der Waals surface area contributed by atoms with Gasteiger partial charge in [-0.1, -0.05) is 0 Å². The van der Waals surface area contributed by atoms with Gasteiger partial charge in [0.2, 0.25) is 10.0 Å². The van der Waals surface area contributed by atoms with Gasteiger partial charge in [0.25, 0.3) is 0 Å². The molecule has 2 aliphatic heterocycles. The zero-order chi connectivity index (χ0) is 12.8. The molecule has 0 spiro atoms. The molecular weight excluding hydrogens is 238 g/mol. The number of fused-ring (bicyclic) bond motifs is 1. The van der Waals surface area contributed by atoms with Crippen molar-refractivity contribution in [3.8, 4) is 0 Å². The summed E-state index contributed by atoms with van der Waals surface area (Å²) >= 11 is 0. The molecule has 0 amide bonds. The number of nitrogens with zero attached hydrogens (tertiary/aromatic N) is 2. The third-order valence-electron chi connectivity index (χ3n) is 3.40. The largest absolute Gasteiger partial charge is 0.332 e. The summed E-state index contributed by atoms with van der Waals surface area (Å²) in [6.45, 7) is 6.81. The van der Waals surface area contributed by atoms with Gasteiger partial charge >= 0.3 is 0 Å². The lowest BCUT2D eigenvalue weighted by Gasteiger charge is -2.28. The van der Waals surface area contributed by atoms with Crippen LogP contribution in [-0.2, 0) is 10.0 Å². The monoisotopic (exact) mass is 257 g/mol. The van der Waals surface area contributed by atoms with Crippen LogP contribution in [0, 0.1) is 0 Å². The Morgan fingerprint density at radius 3 is 2.65 bits per heavy atom. The highest BCUT2D eigenvalue weighted by Crippen LogP contribution is 2.31. The number of amidine groups is 1. The number of aliphatic imine (C=N–C) groups is 1. The van der Waals surface area contributed by atoms with E-state index >= 15 is 0 Å². The highest BCUT2D eigenvalue weighted by Gasteiger charge is 2.34. The van der Waals surface area contributed by atoms with Gasteiger partial charge in [-0.05, 0) is 26.3 Å². The quantitative estimate of drug-likeness (QED) is 0.792. The standard InChI is InChI=1S/C11H19N3O2S/c1-7-8(2)12-9(3)14-6-10(5-11(7)14)13-17(4,15)16/h8,10,13H,5-6H2,1-4H3/t8-,10+/m1/s1. The van der Waals surface area contributed by atoms with Crippen molar-refractivity contribution >= 4 is 15.9 Å². The van der Waals surface area contributed by atoms with Crippen LogP contribution in [0.3, 0.4) is 0 Å². The molecule has 96 valence electrons. The zero-order valence-electron chi connectivity index (χ0n) is 10.7. The molecule has 2 heterocycles. The van der Waals surface area contributed by atoms with Gasteiger partial charge in [0.15, 0.2) is 0 Å². The predicted octanol–water partition coefficient (Wildman–Crippen LogP) is 0.704. The fourth-order valence-corrected chi connectivity index (χ4v) is 3.27. The molecular formula is C11H19N3O2S. The van der Waals surface area contributed by atoms with Crippen LogP contribution in [0.1, 0.15) is 27.2 Å². The zero-order valence-corrected chi connectivity index (χ0v) is 11.5. The molecule has 2 atom stereocenters. The van der Waals surface area contributed by atoms with Gasteiger partial charge in [0.05, 0.1) is 12.3 Å². The molecule has 2 aliphatic rings. The molecule has 6 heteroatoms. The number of hydrogen-bond acceptors (Lipinski definition) is 4. The maximum Gasteiger partial charge on any atom is 0.209 e. The summed E-state index contributed by atoms with van der Waals surface area (Å²) in [6.07, 6.45) is 1.96. The lowest BCUT2D eigenvalue weighted by molar-refractivity contribution is 0.511. The van der Waals surface area contributed by atoms with Crippen LogP contribution >= 0.6 is 0 Å². The molecule has 0 aliphatic carbocycles. The van der Waals surface area contributed by atoms with E-state index in [4.69, 9.17) is 0 Å². The molecule has 0 bridgehead atoms. The predicted molar refractivity (Wildman–Crippen MR) is 68.4 cm³/mol. The van der Waals surface area contributed by atoms with E-state index in [1.165, 1.54) is 17.5 Å². The Hall–Kier alpha value is -0.880. The first kappa shape index (κ1) is 12.6. The summed E-state index contributed by atoms with van der Waals surface area (Å²) in [7, 11) is -3.14. The van der Waals surface area contributed by atoms with E-state index in [9.17, 15) is 8.42 Å². The van der Waals surface area contributed by atoms with E-state index in [1.807, 2.05) is 6.92 Å². The van der Waals surface area contributed by atoms with Gasteiger partial charge in [-0.2, -0.15) is 0 Å². The molecule has 0 saturated carbocycles. The lowest BCUT2D eigenvalue weighted by Crippen LogP contribution is -2.38. The molecule has 0 aromatic rings. The molecule has 1 saturated heterocycles. The second-order valence-corrected chi connectivity index (χ2v) is 6.66. The van der Waals surface area contributed by atoms with Crippen molar-refractivity contribution in [2.24, 2.45) is 4.99 Å². The molecule has 1 N–H and O–H groups in total. The van der Waals surface area contributed by atoms with Gasteiger partial charge in [-0.3, -0.25) is 4.99 Å². The number of rotatable bonds is 2. The van der Waals surface area contributed by atoms with Crippen molar-refractivity contribution in [2.75, 3.05) is 12.8 Å². The second-order valence-electron chi connectivity index (χ2n) is 4.88. The van der Waals surface area contributed by atoms with E-state index in [1.54, 1.807) is 0 Å². The molecule has 0 aromatic carbocycles. The normalized spacial score (nSPS) is 29.4. The fourth-order valence-electron chi connectivity index (χ4n) is 2.51. The SMILES string of the molecule is CC1=N[C@H](C)C(C)=C2C[C@H](NS(C)(=O)=O)CN12. The third-order valence-corrected chi connectivity index (χ3v) is 4.16. The van der Waals surface area contributed by atoms with Crippen molar-refractivity contribution in [3.05, 3.63) is 11.3 Å². The van der Waals surface area contributed by atoms with Crippen LogP contribution < -0.4 is 4.72 Å². The first-order chi connectivity index (χ1) is 7.78. The molecule has 17 heavy (non-hydrogen) atoms. The van der Waals surface area contributed by atoms with Crippen LogP contribution in [0.15, 0.2) is 16.3 Å². The summed E-state index contributed by atoms with van der Waals surface area (Å²) in [4.78, 5) is 6.67. The highest BCUT2D eigenvalue weighted by atomic mass is 32.2. The number of sulfonamides is 1. The number of nitrogens with one attached hydrogen (secondary N) is 1. The van der Waals surface area contributed by atoms with E-state index in [0.29, 0.717) is 6.54 Å². The fraction of sp³-hybridized carbons (Fsp3) is 0.727. The van der Waals surface area contributed by atoms with Gasteiger partial charge in [0, 0.05) is 24.7 Å². The Balaban J connectivity index is 2.22. The minimum atomic E-state index is -3.14. The average molecular weight is 257 g/mol. The lowest BCUT2D eigenvalue weighted by atomic mass is 10.0. The molecule has 0 radical (unpaired) electrons. The van der Waals surface area contributed by atoms with Crippen LogP contribution in [0.5, 0.6) is 0 Å². The Labute approximate surface area is 103 Å². The summed E-state index contributed by atoms with van der Waals surface area (Å²) in [5, 5.41) is 0. The third kappa shape index (κ3) is 2.52. The van der Waals surface area contributed by atoms with Crippen molar-refractivity contribution in [1.82, 2.24) is 9.62 Å². The molecule has 5 nitrogen and oxygen atoms in total. The Morgan fingerprint density at radius 1 is 1.41 bits per heavy atom. The summed E-state index contributed by atoms with van der Waals surface area (Å²) in [5.41, 5.74) is 2.47. The van der Waals surface area contributed by atoms with Crippen molar-refractivity contribution in [1.29, 1.82) is 0 Å². The summed E-state index contributed by atoms with van der Waals surface area (Å²) < 4.78 is 25.2. The minimum absolute atomic E-state index is 0.0367. The second kappa shape index (κ2) is 4.10. The molecule has 0 aromatic heterocycles. The van der Waals surface area contributed by atoms with Crippen LogP contribution in [0.2, 0.25) is 0 Å². The average Bonchev–Trinajstić information content (AvgIpc) is 2.56. The van der Waals surface area contributed by atoms with E-state index < -0.39 is 10.0 Å². The van der Waals surface area contributed by atoms with Crippen LogP contribution in [-0.4, -0.2) is 44.0 Å². The maximum atomic E-state index is 11.2. The smallest absolute Gasteiger partial charge is 0.209 e. The van der Waals surface area contributed by atoms with Gasteiger partial charge < -0.3 is 4.90 Å². The summed E-state index contributed by atoms with van der Waals surface area (Å²) in [5.74, 6) is 0.982. The van der Waals surface area contributed by atoms with E-state index in [-0.39, 0.29) is 12.1 Å². The maximum absolute atomic E-state index is 11.2. The molecule has 2 rings (SSSR count). The number of hydrogen-bond donors (Lipinski definition) is 1. The van der Waals surface area contributed by atoms with Gasteiger partial charge in [0.1, 0.15) is 5.84 Å². The van der Waals surface area contributed by atoms with Crippen LogP contribution in [0.25, 0.3) is 0 Å². The van der Waals surface area contributed by atoms with E-state index in [2.05, 4.69) is 28.5 Å². The summed E-state index contributed by atoms with van der Waals surface area (Å²) in [6, 6.07) is 0.170. The van der Waals surface area contributed by atoms with Crippen LogP contribution in [0.4, 0.5) is 0 Å². The molecule has 1 fully saturated rings. The highest BCUT2D eigenvalue weighted by molar-refractivity contribution is 7.88. The van der Waals surface area contributed by atoms with Crippen molar-refractivity contribution in [2.45, 2.75) is 39.3 Å². The first-order valence-electron chi connectivity index (χ1n) is 5.77. The van der Waals surface area contributed by atoms with Gasteiger partial charge in [-0.25, -0.2) is 13.1 Å². The Bertz CT molecular complexity index is 493. The van der Waals surface area contributed by atoms with E-state index in [0.717, 1.165) is 12.3 Å². The van der Waals surface area contributed by atoms with Gasteiger partial charge in [-0.15, -0.1) is 0 Å². The first-order valence-corrected chi connectivity index (χ1v) is 7.66. The molecule has 0 unspecified atom stereocenters. The Kier molecular flexibility index (Phi) is 3.03. The topological polar surface area (TPSA) is 61.8 Å². The Morgan fingerprint density at radius 2 is 2.06 bits per heavy atom. The minimum Gasteiger partial charge on any atom is -0.332 e. The van der Waals surface area contributed by atoms with Crippen molar-refractivity contribution < 1.29 is 8.42 Å². The van der Waals surface area contributed by atoms with Crippen molar-refractivity contribution in [3.63, 3.8) is 0 Å².